The highest BCUT2D eigenvalue weighted by molar-refractivity contribution is 5.95. The molecular weight excluding hydrogens is 340 g/mol. The molecule has 26 heavy (non-hydrogen) atoms. The molecule has 0 aliphatic carbocycles. The van der Waals surface area contributed by atoms with Crippen molar-refractivity contribution >= 4 is 17.6 Å². The number of hydrogen-bond donors (Lipinski definition) is 2. The summed E-state index contributed by atoms with van der Waals surface area (Å²) in [5.41, 5.74) is 4.82. The summed E-state index contributed by atoms with van der Waals surface area (Å²) in [7, 11) is 0. The van der Waals surface area contributed by atoms with Crippen molar-refractivity contribution in [2.45, 2.75) is 13.3 Å². The maximum Gasteiger partial charge on any atom is 0.304 e. The van der Waals surface area contributed by atoms with E-state index in [0.29, 0.717) is 51.4 Å². The van der Waals surface area contributed by atoms with E-state index < -0.39 is 5.97 Å². The summed E-state index contributed by atoms with van der Waals surface area (Å²) in [5.74, 6) is -0.819. The van der Waals surface area contributed by atoms with Crippen LogP contribution in [0.2, 0.25) is 0 Å². The molecule has 2 heterocycles. The van der Waals surface area contributed by atoms with Crippen LogP contribution in [-0.4, -0.2) is 72.7 Å². The van der Waals surface area contributed by atoms with Gasteiger partial charge in [0.25, 0.3) is 5.91 Å². The third kappa shape index (κ3) is 4.50. The third-order valence-corrected chi connectivity index (χ3v) is 4.63. The Bertz CT molecular complexity index is 655. The van der Waals surface area contributed by atoms with Gasteiger partial charge in [-0.15, -0.1) is 0 Å². The first kappa shape index (κ1) is 18.6. The van der Waals surface area contributed by atoms with E-state index in [0.717, 1.165) is 11.3 Å². The van der Waals surface area contributed by atoms with E-state index in [1.807, 2.05) is 30.0 Å². The van der Waals surface area contributed by atoms with Gasteiger partial charge in [-0.25, -0.2) is 5.06 Å². The van der Waals surface area contributed by atoms with Gasteiger partial charge in [0.05, 0.1) is 25.3 Å². The molecule has 0 unspecified atom stereocenters. The third-order valence-electron chi connectivity index (χ3n) is 4.63. The number of nitrogens with one attached hydrogen (secondary N) is 1. The van der Waals surface area contributed by atoms with Crippen molar-refractivity contribution in [2.75, 3.05) is 50.9 Å². The van der Waals surface area contributed by atoms with Crippen molar-refractivity contribution in [2.24, 2.45) is 0 Å². The molecule has 0 atom stereocenters. The van der Waals surface area contributed by atoms with Gasteiger partial charge in [0.2, 0.25) is 0 Å². The lowest BCUT2D eigenvalue weighted by atomic mass is 10.1. The topological polar surface area (TPSA) is 94.6 Å². The lowest BCUT2D eigenvalue weighted by Crippen LogP contribution is -2.49. The van der Waals surface area contributed by atoms with E-state index in [2.05, 4.69) is 10.5 Å². The largest absolute Gasteiger partial charge is 0.481 e. The molecule has 1 aromatic rings. The maximum absolute atomic E-state index is 12.8. The Kier molecular flexibility index (Phi) is 6.04. The first-order chi connectivity index (χ1) is 12.5. The minimum atomic E-state index is -0.796. The number of benzene rings is 1. The zero-order valence-electron chi connectivity index (χ0n) is 14.8. The molecule has 2 fully saturated rings. The van der Waals surface area contributed by atoms with Gasteiger partial charge in [0, 0.05) is 38.3 Å². The average molecular weight is 364 g/mol. The Balaban J connectivity index is 1.62. The standard InChI is InChI=1S/C17H24N4O5/c1-13-2-3-14(12-15(13)21-10-11-25-18-26-21)17(24)20-8-6-19(7-9-20)5-4-16(22)23/h2-3,12,18H,4-11H2,1H3,(H,22,23). The number of rotatable bonds is 5. The van der Waals surface area contributed by atoms with E-state index in [-0.39, 0.29) is 12.3 Å². The molecule has 0 radical (unpaired) electrons. The summed E-state index contributed by atoms with van der Waals surface area (Å²) in [4.78, 5) is 37.6. The van der Waals surface area contributed by atoms with Gasteiger partial charge in [-0.05, 0) is 24.6 Å². The van der Waals surface area contributed by atoms with Crippen LogP contribution >= 0.6 is 0 Å². The summed E-state index contributed by atoms with van der Waals surface area (Å²) in [6, 6.07) is 5.57. The molecule has 0 aromatic heterocycles. The first-order valence-electron chi connectivity index (χ1n) is 8.70. The smallest absolute Gasteiger partial charge is 0.304 e. The summed E-state index contributed by atoms with van der Waals surface area (Å²) >= 11 is 0. The molecule has 2 aliphatic heterocycles. The van der Waals surface area contributed by atoms with Crippen molar-refractivity contribution < 1.29 is 24.5 Å². The predicted molar refractivity (Wildman–Crippen MR) is 93.3 cm³/mol. The zero-order valence-corrected chi connectivity index (χ0v) is 14.8. The fraction of sp³-hybridized carbons (Fsp3) is 0.529. The molecule has 142 valence electrons. The number of carbonyl (C=O) groups excluding carboxylic acids is 1. The fourth-order valence-corrected chi connectivity index (χ4v) is 3.08. The number of hydroxylamine groups is 1. The summed E-state index contributed by atoms with van der Waals surface area (Å²) in [6.07, 6.45) is 0.128. The first-order valence-corrected chi connectivity index (χ1v) is 8.70. The number of aryl methyl sites for hydroxylation is 1. The number of carbonyl (C=O) groups is 2. The molecule has 9 nitrogen and oxygen atoms in total. The van der Waals surface area contributed by atoms with Crippen LogP contribution in [-0.2, 0) is 14.6 Å². The summed E-state index contributed by atoms with van der Waals surface area (Å²) in [5, 5.41) is 10.4. The molecule has 0 spiro atoms. The van der Waals surface area contributed by atoms with Gasteiger partial charge in [0.15, 0.2) is 0 Å². The summed E-state index contributed by atoms with van der Waals surface area (Å²) in [6.45, 7) is 6.09. The minimum absolute atomic E-state index is 0.0228. The molecule has 2 aliphatic rings. The van der Waals surface area contributed by atoms with Gasteiger partial charge in [-0.3, -0.25) is 19.3 Å². The van der Waals surface area contributed by atoms with Crippen LogP contribution in [0.3, 0.4) is 0 Å². The van der Waals surface area contributed by atoms with E-state index >= 15 is 0 Å². The highest BCUT2D eigenvalue weighted by Gasteiger charge is 2.24. The van der Waals surface area contributed by atoms with Crippen LogP contribution in [0.1, 0.15) is 22.3 Å². The van der Waals surface area contributed by atoms with E-state index in [9.17, 15) is 9.59 Å². The van der Waals surface area contributed by atoms with Crippen molar-refractivity contribution in [3.8, 4) is 0 Å². The average Bonchev–Trinajstić information content (AvgIpc) is 2.67. The number of amides is 1. The van der Waals surface area contributed by atoms with Gasteiger partial charge < -0.3 is 10.0 Å². The lowest BCUT2D eigenvalue weighted by molar-refractivity contribution is -0.210. The van der Waals surface area contributed by atoms with Crippen molar-refractivity contribution in [3.05, 3.63) is 29.3 Å². The Hall–Kier alpha value is -2.20. The second kappa shape index (κ2) is 8.45. The SMILES string of the molecule is Cc1ccc(C(=O)N2CCN(CCC(=O)O)CC2)cc1N1CCONO1. The van der Waals surface area contributed by atoms with Crippen LogP contribution in [0.15, 0.2) is 18.2 Å². The van der Waals surface area contributed by atoms with Crippen molar-refractivity contribution in [1.29, 1.82) is 0 Å². The molecule has 2 saturated heterocycles. The van der Waals surface area contributed by atoms with Crippen molar-refractivity contribution in [3.63, 3.8) is 0 Å². The molecule has 9 heteroatoms. The second-order valence-corrected chi connectivity index (χ2v) is 6.40. The summed E-state index contributed by atoms with van der Waals surface area (Å²) < 4.78 is 0. The van der Waals surface area contributed by atoms with Gasteiger partial charge in [-0.2, -0.15) is 4.94 Å². The molecule has 2 N–H and O–H groups in total. The number of aliphatic carboxylic acids is 1. The molecule has 1 aromatic carbocycles. The van der Waals surface area contributed by atoms with Crippen LogP contribution < -0.4 is 10.7 Å². The molecule has 0 saturated carbocycles. The van der Waals surface area contributed by atoms with E-state index in [1.54, 1.807) is 5.06 Å². The molecular formula is C17H24N4O5. The predicted octanol–water partition coefficient (Wildman–Crippen LogP) is 0.415. The highest BCUT2D eigenvalue weighted by atomic mass is 17.0. The molecule has 0 bridgehead atoms. The highest BCUT2D eigenvalue weighted by Crippen LogP contribution is 2.23. The number of carboxylic acids is 1. The van der Waals surface area contributed by atoms with Crippen LogP contribution in [0.4, 0.5) is 5.69 Å². The Morgan fingerprint density at radius 1 is 1.19 bits per heavy atom. The van der Waals surface area contributed by atoms with E-state index in [4.69, 9.17) is 14.9 Å². The number of piperazine rings is 1. The Morgan fingerprint density at radius 3 is 2.62 bits per heavy atom. The number of nitrogens with zero attached hydrogens (tertiary/aromatic N) is 3. The van der Waals surface area contributed by atoms with E-state index in [1.165, 1.54) is 0 Å². The fourth-order valence-electron chi connectivity index (χ4n) is 3.08. The zero-order chi connectivity index (χ0) is 18.5. The minimum Gasteiger partial charge on any atom is -0.481 e. The van der Waals surface area contributed by atoms with Gasteiger partial charge in [0.1, 0.15) is 0 Å². The normalized spacial score (nSPS) is 18.8. The van der Waals surface area contributed by atoms with Gasteiger partial charge in [-0.1, -0.05) is 11.7 Å². The van der Waals surface area contributed by atoms with Gasteiger partial charge >= 0.3 is 5.97 Å². The Labute approximate surface area is 151 Å². The quantitative estimate of drug-likeness (QED) is 0.776. The molecule has 1 amide bonds. The van der Waals surface area contributed by atoms with Crippen LogP contribution in [0.5, 0.6) is 0 Å². The van der Waals surface area contributed by atoms with Crippen LogP contribution in [0, 0.1) is 6.92 Å². The number of anilines is 1. The van der Waals surface area contributed by atoms with Crippen LogP contribution in [0.25, 0.3) is 0 Å². The Morgan fingerprint density at radius 2 is 1.96 bits per heavy atom. The second-order valence-electron chi connectivity index (χ2n) is 6.40. The monoisotopic (exact) mass is 364 g/mol. The maximum atomic E-state index is 12.8. The number of carboxylic acid groups (broad SMARTS) is 1. The molecule has 3 rings (SSSR count). The lowest BCUT2D eigenvalue weighted by Gasteiger charge is -2.34. The number of hydrogen-bond acceptors (Lipinski definition) is 7. The van der Waals surface area contributed by atoms with Crippen molar-refractivity contribution in [1.82, 2.24) is 15.4 Å².